The van der Waals surface area contributed by atoms with Crippen LogP contribution in [0.3, 0.4) is 0 Å². The van der Waals surface area contributed by atoms with E-state index < -0.39 is 0 Å². The molecule has 0 aliphatic heterocycles. The molecular weight excluding hydrogens is 272 g/mol. The summed E-state index contributed by atoms with van der Waals surface area (Å²) in [4.78, 5) is 0. The summed E-state index contributed by atoms with van der Waals surface area (Å²) in [5.41, 5.74) is 3.67. The second-order valence-corrected chi connectivity index (χ2v) is 6.17. The first-order valence-corrected chi connectivity index (χ1v) is 7.80. The minimum atomic E-state index is 0.0709. The van der Waals surface area contributed by atoms with Crippen LogP contribution in [0.15, 0.2) is 28.7 Å². The Bertz CT molecular complexity index is 575. The Morgan fingerprint density at radius 2 is 2.10 bits per heavy atom. The molecule has 0 spiro atoms. The number of hydrogen-bond donors (Lipinski definition) is 2. The fourth-order valence-electron chi connectivity index (χ4n) is 3.24. The zero-order chi connectivity index (χ0) is 13.9. The Hall–Kier alpha value is -1.03. The number of hydrogen-bond acceptors (Lipinski definition) is 3. The summed E-state index contributed by atoms with van der Waals surface area (Å²) >= 11 is 6.16. The summed E-state index contributed by atoms with van der Waals surface area (Å²) in [5, 5.41) is 1.69. The second kappa shape index (κ2) is 6.17. The minimum Gasteiger partial charge on any atom is -0.458 e. The quantitative estimate of drug-likeness (QED) is 0.641. The lowest BCUT2D eigenvalue weighted by Crippen LogP contribution is -2.29. The van der Waals surface area contributed by atoms with Crippen molar-refractivity contribution in [3.05, 3.63) is 35.0 Å². The van der Waals surface area contributed by atoms with Gasteiger partial charge in [-0.05, 0) is 24.5 Å². The number of fused-ring (bicyclic) bond motifs is 1. The van der Waals surface area contributed by atoms with Crippen LogP contribution in [0.25, 0.3) is 11.0 Å². The van der Waals surface area contributed by atoms with E-state index in [0.29, 0.717) is 5.02 Å². The molecule has 0 radical (unpaired) electrons. The summed E-state index contributed by atoms with van der Waals surface area (Å²) in [6, 6.07) is 7.93. The van der Waals surface area contributed by atoms with Crippen LogP contribution in [0.2, 0.25) is 5.02 Å². The van der Waals surface area contributed by atoms with Crippen molar-refractivity contribution in [3.63, 3.8) is 0 Å². The molecule has 1 saturated carbocycles. The van der Waals surface area contributed by atoms with Gasteiger partial charge in [0.25, 0.3) is 0 Å². The van der Waals surface area contributed by atoms with Gasteiger partial charge in [0.2, 0.25) is 0 Å². The first-order chi connectivity index (χ1) is 9.78. The fourth-order valence-corrected chi connectivity index (χ4v) is 3.46. The van der Waals surface area contributed by atoms with Gasteiger partial charge in [-0.15, -0.1) is 0 Å². The largest absolute Gasteiger partial charge is 0.458 e. The van der Waals surface area contributed by atoms with E-state index in [-0.39, 0.29) is 6.04 Å². The number of furan rings is 1. The van der Waals surface area contributed by atoms with Gasteiger partial charge in [-0.3, -0.25) is 5.84 Å². The van der Waals surface area contributed by atoms with Crippen LogP contribution in [0.1, 0.15) is 50.3 Å². The zero-order valence-corrected chi connectivity index (χ0v) is 12.3. The van der Waals surface area contributed by atoms with Crippen LogP contribution in [0.4, 0.5) is 0 Å². The molecule has 1 aromatic heterocycles. The zero-order valence-electron chi connectivity index (χ0n) is 11.6. The van der Waals surface area contributed by atoms with Crippen LogP contribution in [-0.2, 0) is 0 Å². The molecule has 1 aromatic carbocycles. The Kier molecular flexibility index (Phi) is 4.29. The smallest absolute Gasteiger partial charge is 0.152 e. The molecule has 0 amide bonds. The third-order valence-electron chi connectivity index (χ3n) is 4.35. The third-order valence-corrected chi connectivity index (χ3v) is 4.65. The number of hydrazine groups is 1. The summed E-state index contributed by atoms with van der Waals surface area (Å²) in [7, 11) is 0. The molecule has 0 saturated heterocycles. The molecule has 20 heavy (non-hydrogen) atoms. The summed E-state index contributed by atoms with van der Waals surface area (Å²) in [6.45, 7) is 0. The van der Waals surface area contributed by atoms with Gasteiger partial charge < -0.3 is 4.42 Å². The SMILES string of the molecule is NNC(CC1CCCCC1)c1cc2cccc(Cl)c2o1. The van der Waals surface area contributed by atoms with Crippen molar-refractivity contribution in [1.82, 2.24) is 5.43 Å². The van der Waals surface area contributed by atoms with E-state index in [9.17, 15) is 0 Å². The lowest BCUT2D eigenvalue weighted by molar-refractivity contribution is 0.284. The highest BCUT2D eigenvalue weighted by molar-refractivity contribution is 6.34. The number of para-hydroxylation sites is 1. The van der Waals surface area contributed by atoms with Gasteiger partial charge >= 0.3 is 0 Å². The van der Waals surface area contributed by atoms with E-state index in [1.165, 1.54) is 32.1 Å². The maximum atomic E-state index is 6.16. The molecule has 1 atom stereocenters. The molecule has 0 bridgehead atoms. The van der Waals surface area contributed by atoms with Gasteiger partial charge in [0.1, 0.15) is 5.76 Å². The van der Waals surface area contributed by atoms with Crippen molar-refractivity contribution >= 4 is 22.6 Å². The average molecular weight is 293 g/mol. The molecule has 3 nitrogen and oxygen atoms in total. The van der Waals surface area contributed by atoms with Crippen molar-refractivity contribution in [2.75, 3.05) is 0 Å². The number of rotatable bonds is 4. The van der Waals surface area contributed by atoms with E-state index in [1.54, 1.807) is 0 Å². The number of nitrogens with one attached hydrogen (secondary N) is 1. The summed E-state index contributed by atoms with van der Waals surface area (Å²) in [6.07, 6.45) is 7.70. The van der Waals surface area contributed by atoms with Crippen molar-refractivity contribution in [1.29, 1.82) is 0 Å². The Labute approximate surface area is 124 Å². The monoisotopic (exact) mass is 292 g/mol. The lowest BCUT2D eigenvalue weighted by atomic mass is 9.84. The van der Waals surface area contributed by atoms with Gasteiger partial charge in [-0.1, -0.05) is 55.8 Å². The standard InChI is InChI=1S/C16H21ClN2O/c17-13-8-4-7-12-10-15(20-16(12)13)14(19-18)9-11-5-2-1-3-6-11/h4,7-8,10-11,14,19H,1-3,5-6,9,18H2. The molecule has 3 rings (SSSR count). The average Bonchev–Trinajstić information content (AvgIpc) is 2.91. The minimum absolute atomic E-state index is 0.0709. The maximum absolute atomic E-state index is 6.16. The van der Waals surface area contributed by atoms with Gasteiger partial charge in [0.05, 0.1) is 11.1 Å². The van der Waals surface area contributed by atoms with E-state index in [1.807, 2.05) is 18.2 Å². The molecular formula is C16H21ClN2O. The predicted molar refractivity (Wildman–Crippen MR) is 82.5 cm³/mol. The van der Waals surface area contributed by atoms with E-state index in [4.69, 9.17) is 21.9 Å². The lowest BCUT2D eigenvalue weighted by Gasteiger charge is -2.25. The Balaban J connectivity index is 1.81. The van der Waals surface area contributed by atoms with Gasteiger partial charge in [-0.25, -0.2) is 5.43 Å². The van der Waals surface area contributed by atoms with Crippen LogP contribution in [0.5, 0.6) is 0 Å². The Morgan fingerprint density at radius 3 is 2.80 bits per heavy atom. The molecule has 1 aliphatic carbocycles. The van der Waals surface area contributed by atoms with Crippen LogP contribution in [-0.4, -0.2) is 0 Å². The van der Waals surface area contributed by atoms with Gasteiger partial charge in [0, 0.05) is 5.39 Å². The van der Waals surface area contributed by atoms with Gasteiger partial charge in [0.15, 0.2) is 5.58 Å². The normalized spacial score (nSPS) is 18.5. The van der Waals surface area contributed by atoms with Crippen molar-refractivity contribution < 1.29 is 4.42 Å². The third kappa shape index (κ3) is 2.85. The predicted octanol–water partition coefficient (Wildman–Crippen LogP) is 4.56. The molecule has 2 aromatic rings. The molecule has 1 fully saturated rings. The van der Waals surface area contributed by atoms with Gasteiger partial charge in [-0.2, -0.15) is 0 Å². The highest BCUT2D eigenvalue weighted by Crippen LogP contribution is 2.35. The molecule has 1 heterocycles. The molecule has 4 heteroatoms. The maximum Gasteiger partial charge on any atom is 0.152 e. The van der Waals surface area contributed by atoms with Crippen LogP contribution >= 0.6 is 11.6 Å². The van der Waals surface area contributed by atoms with E-state index in [2.05, 4.69) is 11.5 Å². The topological polar surface area (TPSA) is 51.2 Å². The molecule has 1 aliphatic rings. The first-order valence-electron chi connectivity index (χ1n) is 7.42. The number of nitrogens with two attached hydrogens (primary N) is 1. The highest BCUT2D eigenvalue weighted by Gasteiger charge is 2.22. The van der Waals surface area contributed by atoms with Crippen molar-refractivity contribution in [2.24, 2.45) is 11.8 Å². The molecule has 108 valence electrons. The number of benzene rings is 1. The summed E-state index contributed by atoms with van der Waals surface area (Å²) < 4.78 is 5.92. The molecule has 3 N–H and O–H groups in total. The molecule has 1 unspecified atom stereocenters. The first kappa shape index (κ1) is 13.9. The van der Waals surface area contributed by atoms with Crippen molar-refractivity contribution in [3.8, 4) is 0 Å². The van der Waals surface area contributed by atoms with Crippen LogP contribution < -0.4 is 11.3 Å². The Morgan fingerprint density at radius 1 is 1.30 bits per heavy atom. The van der Waals surface area contributed by atoms with Crippen LogP contribution in [0, 0.1) is 5.92 Å². The van der Waals surface area contributed by atoms with E-state index in [0.717, 1.165) is 29.1 Å². The second-order valence-electron chi connectivity index (χ2n) is 5.77. The summed E-state index contributed by atoms with van der Waals surface area (Å²) in [5.74, 6) is 7.37. The van der Waals surface area contributed by atoms with Crippen molar-refractivity contribution in [2.45, 2.75) is 44.6 Å². The number of halogens is 1. The van der Waals surface area contributed by atoms with E-state index >= 15 is 0 Å². The fraction of sp³-hybridized carbons (Fsp3) is 0.500. The highest BCUT2D eigenvalue weighted by atomic mass is 35.5.